The fraction of sp³-hybridized carbons (Fsp3) is 0.947. The molecule has 2 heterocycles. The molecule has 2 aliphatic rings. The molecule has 0 spiro atoms. The van der Waals surface area contributed by atoms with Crippen molar-refractivity contribution in [2.75, 3.05) is 20.1 Å². The lowest BCUT2D eigenvalue weighted by Crippen LogP contribution is -2.46. The van der Waals surface area contributed by atoms with E-state index in [0.29, 0.717) is 6.54 Å². The Bertz CT molecular complexity index is 513. The molecule has 0 aliphatic carbocycles. The fourth-order valence-corrected chi connectivity index (χ4v) is 4.65. The first kappa shape index (κ1) is 21.7. The molecule has 7 heteroatoms. The Hall–Kier alpha value is -0.633. The molecule has 6 nitrogen and oxygen atoms in total. The van der Waals surface area contributed by atoms with E-state index >= 15 is 0 Å². The van der Waals surface area contributed by atoms with Gasteiger partial charge in [-0.2, -0.15) is 5.06 Å². The average molecular weight is 387 g/mol. The molecule has 26 heavy (non-hydrogen) atoms. The number of carbonyl (C=O) groups is 1. The van der Waals surface area contributed by atoms with Gasteiger partial charge in [-0.05, 0) is 51.7 Å². The van der Waals surface area contributed by atoms with Crippen LogP contribution in [0.25, 0.3) is 0 Å². The highest BCUT2D eigenvalue weighted by Gasteiger charge is 2.47. The van der Waals surface area contributed by atoms with Gasteiger partial charge >= 0.3 is 6.09 Å². The third-order valence-corrected chi connectivity index (χ3v) is 10.2. The van der Waals surface area contributed by atoms with Gasteiger partial charge < -0.3 is 9.16 Å². The standard InChI is InChI=1S/C19H38N2O4Si/c1-18(2,3)23-17(22)21-13-14(25-26(8,9)19(4,5)6)12-15(21)16-10-11-20(7)24-16/h14-16H,10-13H2,1-9H3/t14-,15+,16-/m1/s1. The summed E-state index contributed by atoms with van der Waals surface area (Å²) in [6, 6.07) is 0.00423. The summed E-state index contributed by atoms with van der Waals surface area (Å²) in [5.74, 6) is 0. The second kappa shape index (κ2) is 7.41. The van der Waals surface area contributed by atoms with Crippen LogP contribution in [0.4, 0.5) is 4.79 Å². The number of carbonyl (C=O) groups excluding carboxylic acids is 1. The second-order valence-corrected chi connectivity index (χ2v) is 15.0. The third-order valence-electron chi connectivity index (χ3n) is 5.67. The lowest BCUT2D eigenvalue weighted by Gasteiger charge is -2.38. The smallest absolute Gasteiger partial charge is 0.410 e. The van der Waals surface area contributed by atoms with Gasteiger partial charge in [0.2, 0.25) is 0 Å². The zero-order chi connectivity index (χ0) is 19.9. The van der Waals surface area contributed by atoms with E-state index in [0.717, 1.165) is 19.4 Å². The minimum atomic E-state index is -1.89. The SMILES string of the molecule is CN1CC[C@H]([C@@H]2C[C@@H](O[Si](C)(C)C(C)(C)C)CN2C(=O)OC(C)(C)C)O1. The number of hydrogen-bond donors (Lipinski definition) is 0. The van der Waals surface area contributed by atoms with E-state index in [1.54, 1.807) is 0 Å². The molecule has 152 valence electrons. The highest BCUT2D eigenvalue weighted by Crippen LogP contribution is 2.40. The molecule has 0 N–H and O–H groups in total. The normalized spacial score (nSPS) is 28.7. The van der Waals surface area contributed by atoms with Crippen molar-refractivity contribution in [3.8, 4) is 0 Å². The molecule has 0 saturated carbocycles. The molecule has 3 atom stereocenters. The van der Waals surface area contributed by atoms with E-state index in [-0.39, 0.29) is 29.4 Å². The highest BCUT2D eigenvalue weighted by atomic mass is 28.4. The van der Waals surface area contributed by atoms with Crippen molar-refractivity contribution in [1.29, 1.82) is 0 Å². The van der Waals surface area contributed by atoms with Crippen LogP contribution < -0.4 is 0 Å². The Labute approximate surface area is 160 Å². The van der Waals surface area contributed by atoms with Crippen LogP contribution in [0.2, 0.25) is 18.1 Å². The van der Waals surface area contributed by atoms with Crippen molar-refractivity contribution in [3.63, 3.8) is 0 Å². The summed E-state index contributed by atoms with van der Waals surface area (Å²) >= 11 is 0. The maximum absolute atomic E-state index is 12.8. The molecular formula is C19H38N2O4Si. The molecule has 0 bridgehead atoms. The first-order chi connectivity index (χ1) is 11.7. The molecular weight excluding hydrogens is 348 g/mol. The minimum absolute atomic E-state index is 0.00423. The largest absolute Gasteiger partial charge is 0.444 e. The predicted octanol–water partition coefficient (Wildman–Crippen LogP) is 4.02. The van der Waals surface area contributed by atoms with Crippen LogP contribution in [0.1, 0.15) is 54.4 Å². The first-order valence-electron chi connectivity index (χ1n) is 9.75. The summed E-state index contributed by atoms with van der Waals surface area (Å²) in [6.07, 6.45) is 1.53. The summed E-state index contributed by atoms with van der Waals surface area (Å²) < 4.78 is 12.3. The van der Waals surface area contributed by atoms with E-state index < -0.39 is 13.9 Å². The van der Waals surface area contributed by atoms with E-state index in [1.807, 2.05) is 37.8 Å². The number of rotatable bonds is 3. The zero-order valence-corrected chi connectivity index (χ0v) is 19.1. The average Bonchev–Trinajstić information content (AvgIpc) is 3.01. The number of hydrogen-bond acceptors (Lipinski definition) is 5. The number of likely N-dealkylation sites (tertiary alicyclic amines) is 1. The Morgan fingerprint density at radius 3 is 2.23 bits per heavy atom. The summed E-state index contributed by atoms with van der Waals surface area (Å²) in [6.45, 7) is 18.4. The van der Waals surface area contributed by atoms with Crippen LogP contribution in [-0.2, 0) is 14.0 Å². The summed E-state index contributed by atoms with van der Waals surface area (Å²) in [5, 5.41) is 2.01. The van der Waals surface area contributed by atoms with Gasteiger partial charge in [-0.1, -0.05) is 20.8 Å². The van der Waals surface area contributed by atoms with E-state index in [2.05, 4.69) is 33.9 Å². The Balaban J connectivity index is 2.14. The molecule has 2 saturated heterocycles. The van der Waals surface area contributed by atoms with Gasteiger partial charge in [0.25, 0.3) is 0 Å². The molecule has 0 aromatic heterocycles. The topological polar surface area (TPSA) is 51.2 Å². The number of ether oxygens (including phenoxy) is 1. The lowest BCUT2D eigenvalue weighted by atomic mass is 10.1. The molecule has 2 aliphatic heterocycles. The molecule has 0 aromatic rings. The summed E-state index contributed by atoms with van der Waals surface area (Å²) in [5.41, 5.74) is -0.507. The molecule has 2 fully saturated rings. The van der Waals surface area contributed by atoms with Gasteiger partial charge in [0, 0.05) is 20.1 Å². The number of hydroxylamine groups is 2. The Kier molecular flexibility index (Phi) is 6.18. The zero-order valence-electron chi connectivity index (χ0n) is 18.1. The highest BCUT2D eigenvalue weighted by molar-refractivity contribution is 6.74. The van der Waals surface area contributed by atoms with E-state index in [1.165, 1.54) is 0 Å². The lowest BCUT2D eigenvalue weighted by molar-refractivity contribution is -0.142. The number of nitrogens with zero attached hydrogens (tertiary/aromatic N) is 2. The second-order valence-electron chi connectivity index (χ2n) is 10.2. The quantitative estimate of drug-likeness (QED) is 0.686. The van der Waals surface area contributed by atoms with Crippen LogP contribution in [0.3, 0.4) is 0 Å². The summed E-state index contributed by atoms with van der Waals surface area (Å²) in [4.78, 5) is 20.6. The van der Waals surface area contributed by atoms with Gasteiger partial charge in [-0.3, -0.25) is 9.74 Å². The van der Waals surface area contributed by atoms with Gasteiger partial charge in [0.05, 0.1) is 12.1 Å². The van der Waals surface area contributed by atoms with Crippen molar-refractivity contribution in [3.05, 3.63) is 0 Å². The Morgan fingerprint density at radius 1 is 1.15 bits per heavy atom. The first-order valence-corrected chi connectivity index (χ1v) is 12.7. The summed E-state index contributed by atoms with van der Waals surface area (Å²) in [7, 11) is 0.0471. The van der Waals surface area contributed by atoms with Crippen molar-refractivity contribution in [2.45, 2.75) is 96.4 Å². The van der Waals surface area contributed by atoms with E-state index in [9.17, 15) is 4.79 Å². The van der Waals surface area contributed by atoms with Crippen molar-refractivity contribution >= 4 is 14.4 Å². The van der Waals surface area contributed by atoms with Crippen LogP contribution in [0.5, 0.6) is 0 Å². The van der Waals surface area contributed by atoms with Gasteiger partial charge in [0.1, 0.15) is 11.7 Å². The predicted molar refractivity (Wildman–Crippen MR) is 106 cm³/mol. The molecule has 2 rings (SSSR count). The van der Waals surface area contributed by atoms with Crippen LogP contribution in [-0.4, -0.2) is 68.4 Å². The van der Waals surface area contributed by atoms with Gasteiger partial charge in [-0.15, -0.1) is 0 Å². The monoisotopic (exact) mass is 386 g/mol. The molecule has 1 amide bonds. The van der Waals surface area contributed by atoms with Crippen LogP contribution in [0.15, 0.2) is 0 Å². The van der Waals surface area contributed by atoms with E-state index in [4.69, 9.17) is 14.0 Å². The molecule has 0 unspecified atom stereocenters. The van der Waals surface area contributed by atoms with Crippen LogP contribution >= 0.6 is 0 Å². The van der Waals surface area contributed by atoms with Crippen molar-refractivity contribution in [1.82, 2.24) is 9.96 Å². The maximum Gasteiger partial charge on any atom is 0.410 e. The third kappa shape index (κ3) is 5.21. The van der Waals surface area contributed by atoms with Gasteiger partial charge in [-0.25, -0.2) is 4.79 Å². The minimum Gasteiger partial charge on any atom is -0.444 e. The maximum atomic E-state index is 12.8. The van der Waals surface area contributed by atoms with Gasteiger partial charge in [0.15, 0.2) is 8.32 Å². The van der Waals surface area contributed by atoms with Crippen molar-refractivity contribution in [2.24, 2.45) is 0 Å². The van der Waals surface area contributed by atoms with Crippen LogP contribution in [0, 0.1) is 0 Å². The van der Waals surface area contributed by atoms with Crippen molar-refractivity contribution < 1.29 is 18.8 Å². The molecule has 0 radical (unpaired) electrons. The number of amides is 1. The Morgan fingerprint density at radius 2 is 1.77 bits per heavy atom. The molecule has 0 aromatic carbocycles. The fourth-order valence-electron chi connectivity index (χ4n) is 3.30.